The van der Waals surface area contributed by atoms with E-state index in [0.717, 1.165) is 38.5 Å². The standard InChI is InChI=1S/C33H49N2O11P/c1-4-39-29(36)31(3,30(37)40-5-2)11-16-41-33(32(45-46-33)26-18-23-17-24(20-26)21-27(32)19-23)25-9-6-10-28(22-25)44-47(38,42-14-7-12-34)43-15-8-13-35/h23-28H,4-11,14-22H2,1-3H3. The molecule has 1 heterocycles. The Kier molecular flexibility index (Phi) is 11.7. The summed E-state index contributed by atoms with van der Waals surface area (Å²) >= 11 is 0. The first-order chi connectivity index (χ1) is 22.6. The van der Waals surface area contributed by atoms with Gasteiger partial charge in [0.2, 0.25) is 5.79 Å². The van der Waals surface area contributed by atoms with E-state index in [1.807, 2.05) is 12.1 Å². The Morgan fingerprint density at radius 1 is 0.830 bits per heavy atom. The summed E-state index contributed by atoms with van der Waals surface area (Å²) in [4.78, 5) is 38.6. The first kappa shape index (κ1) is 36.2. The number of hydrogen-bond acceptors (Lipinski definition) is 13. The van der Waals surface area contributed by atoms with E-state index < -0.39 is 42.7 Å². The molecule has 262 valence electrons. The molecule has 0 aromatic rings. The number of carbonyl (C=O) groups is 2. The van der Waals surface area contributed by atoms with Gasteiger partial charge in [0.1, 0.15) is 0 Å². The first-order valence-corrected chi connectivity index (χ1v) is 18.7. The van der Waals surface area contributed by atoms with E-state index >= 15 is 0 Å². The van der Waals surface area contributed by atoms with Gasteiger partial charge in [0, 0.05) is 5.92 Å². The van der Waals surface area contributed by atoms with Gasteiger partial charge in [-0.3, -0.25) is 23.2 Å². The molecule has 13 nitrogen and oxygen atoms in total. The number of hydrogen-bond donors (Lipinski definition) is 0. The van der Waals surface area contributed by atoms with Gasteiger partial charge in [-0.25, -0.2) is 9.45 Å². The van der Waals surface area contributed by atoms with Crippen LogP contribution in [0.2, 0.25) is 0 Å². The fourth-order valence-electron chi connectivity index (χ4n) is 9.00. The lowest BCUT2D eigenvalue weighted by atomic mass is 9.46. The first-order valence-electron chi connectivity index (χ1n) is 17.3. The molecule has 14 heteroatoms. The molecule has 47 heavy (non-hydrogen) atoms. The normalized spacial score (nSPS) is 34.3. The monoisotopic (exact) mass is 680 g/mol. The number of carbonyl (C=O) groups excluding carboxylic acids is 2. The molecule has 0 aromatic heterocycles. The van der Waals surface area contributed by atoms with Crippen molar-refractivity contribution in [3.8, 4) is 12.1 Å². The van der Waals surface area contributed by atoms with Crippen molar-refractivity contribution in [3.63, 3.8) is 0 Å². The second-order valence-electron chi connectivity index (χ2n) is 13.8. The molecule has 0 N–H and O–H groups in total. The Morgan fingerprint density at radius 3 is 1.89 bits per heavy atom. The zero-order chi connectivity index (χ0) is 33.7. The lowest BCUT2D eigenvalue weighted by molar-refractivity contribution is -0.649. The molecule has 0 aromatic carbocycles. The molecule has 0 amide bonds. The highest BCUT2D eigenvalue weighted by molar-refractivity contribution is 7.48. The van der Waals surface area contributed by atoms with Crippen molar-refractivity contribution in [3.05, 3.63) is 0 Å². The van der Waals surface area contributed by atoms with Crippen molar-refractivity contribution in [2.24, 2.45) is 35.0 Å². The van der Waals surface area contributed by atoms with Crippen LogP contribution in [0, 0.1) is 57.7 Å². The predicted octanol–water partition coefficient (Wildman–Crippen LogP) is 5.92. The highest BCUT2D eigenvalue weighted by atomic mass is 31.2. The molecule has 1 saturated heterocycles. The minimum Gasteiger partial charge on any atom is -0.465 e. The van der Waals surface area contributed by atoms with E-state index in [-0.39, 0.29) is 70.1 Å². The summed E-state index contributed by atoms with van der Waals surface area (Å²) in [6, 6.07) is 3.91. The summed E-state index contributed by atoms with van der Waals surface area (Å²) in [5, 5.41) is 17.9. The molecule has 0 radical (unpaired) electrons. The Balaban J connectivity index is 1.39. The van der Waals surface area contributed by atoms with Gasteiger partial charge in [-0.2, -0.15) is 15.4 Å². The topological polar surface area (TPSA) is 173 Å². The third kappa shape index (κ3) is 7.01. The van der Waals surface area contributed by atoms with Crippen LogP contribution in [-0.2, 0) is 51.7 Å². The van der Waals surface area contributed by atoms with Crippen LogP contribution in [0.1, 0.15) is 97.8 Å². The molecular weight excluding hydrogens is 631 g/mol. The number of phosphoric acid groups is 1. The molecule has 3 atom stereocenters. The van der Waals surface area contributed by atoms with Gasteiger partial charge in [0.25, 0.3) is 0 Å². The van der Waals surface area contributed by atoms with Gasteiger partial charge in [-0.05, 0) is 102 Å². The third-order valence-electron chi connectivity index (χ3n) is 10.9. The minimum atomic E-state index is -4.08. The van der Waals surface area contributed by atoms with Gasteiger partial charge < -0.3 is 14.2 Å². The van der Waals surface area contributed by atoms with E-state index in [1.54, 1.807) is 13.8 Å². The smallest absolute Gasteiger partial charge is 0.465 e. The van der Waals surface area contributed by atoms with Crippen molar-refractivity contribution >= 4 is 19.8 Å². The molecular formula is C33H49N2O11P. The summed E-state index contributed by atoms with van der Waals surface area (Å²) in [5.41, 5.74) is -2.26. The highest BCUT2D eigenvalue weighted by Gasteiger charge is 2.78. The summed E-state index contributed by atoms with van der Waals surface area (Å²) in [6.45, 7) is 4.90. The van der Waals surface area contributed by atoms with Gasteiger partial charge in [0.15, 0.2) is 11.0 Å². The van der Waals surface area contributed by atoms with Crippen LogP contribution in [0.3, 0.4) is 0 Å². The quantitative estimate of drug-likeness (QED) is 0.0583. The van der Waals surface area contributed by atoms with Crippen molar-refractivity contribution < 1.29 is 51.7 Å². The summed E-state index contributed by atoms with van der Waals surface area (Å²) in [5.74, 6) is -0.932. The molecule has 6 aliphatic rings. The Morgan fingerprint density at radius 2 is 1.40 bits per heavy atom. The minimum absolute atomic E-state index is 0.00812. The van der Waals surface area contributed by atoms with Gasteiger partial charge in [-0.1, -0.05) is 6.42 Å². The second-order valence-corrected chi connectivity index (χ2v) is 15.4. The van der Waals surface area contributed by atoms with Crippen molar-refractivity contribution in [1.29, 1.82) is 10.5 Å². The van der Waals surface area contributed by atoms with Crippen LogP contribution >= 0.6 is 7.82 Å². The van der Waals surface area contributed by atoms with Crippen LogP contribution in [0.15, 0.2) is 0 Å². The number of ether oxygens (including phenoxy) is 3. The maximum atomic E-state index is 13.6. The van der Waals surface area contributed by atoms with E-state index in [9.17, 15) is 14.2 Å². The molecule has 5 saturated carbocycles. The van der Waals surface area contributed by atoms with Crippen LogP contribution in [0.25, 0.3) is 0 Å². The van der Waals surface area contributed by atoms with Crippen molar-refractivity contribution in [2.45, 2.75) is 115 Å². The number of nitriles is 2. The zero-order valence-electron chi connectivity index (χ0n) is 27.8. The lowest BCUT2D eigenvalue weighted by Crippen LogP contribution is -2.81. The SMILES string of the molecule is CCOC(=O)C(C)(CCOC1(C2CCCC(OP(=O)(OCCC#N)OCCC#N)C2)OOC12C1CC3CC(C1)CC2C3)C(=O)OCC. The number of rotatable bonds is 17. The summed E-state index contributed by atoms with van der Waals surface area (Å²) in [7, 11) is -4.08. The molecule has 6 rings (SSSR count). The Bertz CT molecular complexity index is 1190. The fraction of sp³-hybridized carbons (Fsp3) is 0.879. The lowest BCUT2D eigenvalue weighted by Gasteiger charge is -2.70. The molecule has 4 bridgehead atoms. The average Bonchev–Trinajstić information content (AvgIpc) is 3.02. The number of phosphoric ester groups is 1. The predicted molar refractivity (Wildman–Crippen MR) is 163 cm³/mol. The Labute approximate surface area is 277 Å². The molecule has 1 aliphatic heterocycles. The number of nitrogens with zero attached hydrogens (tertiary/aromatic N) is 2. The van der Waals surface area contributed by atoms with Gasteiger partial charge >= 0.3 is 19.8 Å². The second kappa shape index (κ2) is 15.2. The Hall–Kier alpha value is -2.09. The van der Waals surface area contributed by atoms with Gasteiger partial charge in [0.05, 0.1) is 64.1 Å². The summed E-state index contributed by atoms with van der Waals surface area (Å²) < 4.78 is 48.0. The number of esters is 2. The maximum Gasteiger partial charge on any atom is 0.475 e. The van der Waals surface area contributed by atoms with Crippen LogP contribution in [0.5, 0.6) is 0 Å². The molecule has 6 fully saturated rings. The highest BCUT2D eigenvalue weighted by Crippen LogP contribution is 2.69. The molecule has 3 unspecified atom stereocenters. The maximum absolute atomic E-state index is 13.6. The van der Waals surface area contributed by atoms with Crippen LogP contribution in [-0.4, -0.2) is 62.5 Å². The van der Waals surface area contributed by atoms with E-state index in [4.69, 9.17) is 48.1 Å². The average molecular weight is 681 g/mol. The fourth-order valence-corrected chi connectivity index (χ4v) is 10.4. The van der Waals surface area contributed by atoms with E-state index in [2.05, 4.69) is 0 Å². The molecule has 1 spiro atoms. The van der Waals surface area contributed by atoms with Crippen LogP contribution in [0.4, 0.5) is 0 Å². The third-order valence-corrected chi connectivity index (χ3v) is 12.5. The van der Waals surface area contributed by atoms with Gasteiger partial charge in [-0.15, -0.1) is 0 Å². The van der Waals surface area contributed by atoms with E-state index in [0.29, 0.717) is 24.7 Å². The van der Waals surface area contributed by atoms with E-state index in [1.165, 1.54) is 13.3 Å². The molecule has 5 aliphatic carbocycles. The van der Waals surface area contributed by atoms with Crippen molar-refractivity contribution in [1.82, 2.24) is 0 Å². The largest absolute Gasteiger partial charge is 0.475 e. The van der Waals surface area contributed by atoms with Crippen LogP contribution < -0.4 is 0 Å². The zero-order valence-corrected chi connectivity index (χ0v) is 28.7. The summed E-state index contributed by atoms with van der Waals surface area (Å²) in [6.07, 6.45) is 7.35. The van der Waals surface area contributed by atoms with Crippen molar-refractivity contribution in [2.75, 3.05) is 33.0 Å².